The molecule has 0 spiro atoms. The van der Waals surface area contributed by atoms with Gasteiger partial charge in [0.1, 0.15) is 0 Å². The van der Waals surface area contributed by atoms with Crippen molar-refractivity contribution in [1.29, 1.82) is 0 Å². The number of morpholine rings is 1. The SMILES string of the molecule is Cc1cc(C=Nc2ccc(N3CCOCC3)cc2)c(C)n1-c1cccc(Cl)c1Cl. The largest absolute Gasteiger partial charge is 0.378 e. The van der Waals surface area contributed by atoms with E-state index in [-0.39, 0.29) is 0 Å². The molecule has 6 heteroatoms. The minimum Gasteiger partial charge on any atom is -0.378 e. The first-order valence-corrected chi connectivity index (χ1v) is 10.4. The fourth-order valence-corrected chi connectivity index (χ4v) is 4.05. The van der Waals surface area contributed by atoms with Gasteiger partial charge in [-0.25, -0.2) is 0 Å². The molecule has 0 unspecified atom stereocenters. The number of anilines is 1. The fourth-order valence-electron chi connectivity index (χ4n) is 3.67. The lowest BCUT2D eigenvalue weighted by Gasteiger charge is -2.28. The summed E-state index contributed by atoms with van der Waals surface area (Å²) in [5.74, 6) is 0. The zero-order valence-electron chi connectivity index (χ0n) is 16.5. The van der Waals surface area contributed by atoms with Crippen LogP contribution in [0.2, 0.25) is 10.0 Å². The van der Waals surface area contributed by atoms with Crippen LogP contribution in [-0.4, -0.2) is 37.1 Å². The topological polar surface area (TPSA) is 29.8 Å². The number of nitrogens with zero attached hydrogens (tertiary/aromatic N) is 3. The van der Waals surface area contributed by atoms with Gasteiger partial charge in [0, 0.05) is 41.9 Å². The number of benzene rings is 2. The number of hydrogen-bond acceptors (Lipinski definition) is 3. The molecule has 0 bridgehead atoms. The Hall–Kier alpha value is -2.27. The number of aryl methyl sites for hydroxylation is 1. The lowest BCUT2D eigenvalue weighted by atomic mass is 10.2. The van der Waals surface area contributed by atoms with E-state index in [1.165, 1.54) is 5.69 Å². The number of aliphatic imine (C=N–C) groups is 1. The standard InChI is InChI=1S/C23H23Cl2N3O/c1-16-14-18(17(2)28(16)22-5-3-4-21(24)23(22)25)15-26-19-6-8-20(9-7-19)27-10-12-29-13-11-27/h3-9,14-15H,10-13H2,1-2H3. The number of ether oxygens (including phenoxy) is 1. The van der Waals surface area contributed by atoms with Crippen molar-refractivity contribution in [2.24, 2.45) is 4.99 Å². The molecule has 1 aliphatic rings. The summed E-state index contributed by atoms with van der Waals surface area (Å²) >= 11 is 12.6. The van der Waals surface area contributed by atoms with Crippen LogP contribution in [-0.2, 0) is 4.74 Å². The summed E-state index contributed by atoms with van der Waals surface area (Å²) in [6.07, 6.45) is 1.90. The van der Waals surface area contributed by atoms with Crippen molar-refractivity contribution >= 4 is 40.8 Å². The summed E-state index contributed by atoms with van der Waals surface area (Å²) in [5, 5.41) is 1.10. The summed E-state index contributed by atoms with van der Waals surface area (Å²) in [6.45, 7) is 7.55. The van der Waals surface area contributed by atoms with Gasteiger partial charge in [-0.2, -0.15) is 0 Å². The molecule has 1 aliphatic heterocycles. The highest BCUT2D eigenvalue weighted by atomic mass is 35.5. The van der Waals surface area contributed by atoms with Crippen LogP contribution in [0.1, 0.15) is 17.0 Å². The van der Waals surface area contributed by atoms with E-state index in [4.69, 9.17) is 27.9 Å². The molecule has 3 aromatic rings. The molecule has 4 rings (SSSR count). The predicted molar refractivity (Wildman–Crippen MR) is 122 cm³/mol. The van der Waals surface area contributed by atoms with Crippen molar-refractivity contribution in [3.05, 3.63) is 75.5 Å². The van der Waals surface area contributed by atoms with Gasteiger partial charge in [0.25, 0.3) is 0 Å². The molecule has 1 fully saturated rings. The first-order chi connectivity index (χ1) is 14.0. The number of rotatable bonds is 4. The van der Waals surface area contributed by atoms with Crippen molar-refractivity contribution < 1.29 is 4.74 Å². The average Bonchev–Trinajstić information content (AvgIpc) is 3.03. The van der Waals surface area contributed by atoms with Crippen LogP contribution in [0, 0.1) is 13.8 Å². The van der Waals surface area contributed by atoms with E-state index >= 15 is 0 Å². The second kappa shape index (κ2) is 8.62. The van der Waals surface area contributed by atoms with Gasteiger partial charge in [-0.3, -0.25) is 4.99 Å². The Balaban J connectivity index is 1.57. The van der Waals surface area contributed by atoms with E-state index in [0.29, 0.717) is 10.0 Å². The molecule has 150 valence electrons. The van der Waals surface area contributed by atoms with E-state index in [0.717, 1.165) is 54.6 Å². The Labute approximate surface area is 181 Å². The Kier molecular flexibility index (Phi) is 5.95. The average molecular weight is 428 g/mol. The second-order valence-electron chi connectivity index (χ2n) is 7.11. The summed E-state index contributed by atoms with van der Waals surface area (Å²) in [5.41, 5.74) is 6.21. The molecule has 0 amide bonds. The summed E-state index contributed by atoms with van der Waals surface area (Å²) in [4.78, 5) is 7.00. The zero-order chi connectivity index (χ0) is 20.4. The zero-order valence-corrected chi connectivity index (χ0v) is 18.0. The predicted octanol–water partition coefficient (Wildman–Crippen LogP) is 5.99. The lowest BCUT2D eigenvalue weighted by Crippen LogP contribution is -2.36. The van der Waals surface area contributed by atoms with Gasteiger partial charge >= 0.3 is 0 Å². The highest BCUT2D eigenvalue weighted by molar-refractivity contribution is 6.43. The lowest BCUT2D eigenvalue weighted by molar-refractivity contribution is 0.122. The molecule has 0 N–H and O–H groups in total. The third-order valence-electron chi connectivity index (χ3n) is 5.22. The molecule has 0 aliphatic carbocycles. The maximum absolute atomic E-state index is 6.43. The van der Waals surface area contributed by atoms with Crippen molar-refractivity contribution in [1.82, 2.24) is 4.57 Å². The van der Waals surface area contributed by atoms with Crippen molar-refractivity contribution in [3.8, 4) is 5.69 Å². The van der Waals surface area contributed by atoms with E-state index < -0.39 is 0 Å². The van der Waals surface area contributed by atoms with Crippen LogP contribution in [0.5, 0.6) is 0 Å². The highest BCUT2D eigenvalue weighted by Gasteiger charge is 2.14. The Morgan fingerprint density at radius 1 is 1.00 bits per heavy atom. The third-order valence-corrected chi connectivity index (χ3v) is 6.03. The van der Waals surface area contributed by atoms with Gasteiger partial charge < -0.3 is 14.2 Å². The maximum Gasteiger partial charge on any atom is 0.0832 e. The monoisotopic (exact) mass is 427 g/mol. The van der Waals surface area contributed by atoms with Gasteiger partial charge in [-0.05, 0) is 56.3 Å². The molecule has 29 heavy (non-hydrogen) atoms. The summed E-state index contributed by atoms with van der Waals surface area (Å²) in [7, 11) is 0. The van der Waals surface area contributed by atoms with Crippen LogP contribution in [0.25, 0.3) is 5.69 Å². The van der Waals surface area contributed by atoms with Gasteiger partial charge in [-0.1, -0.05) is 29.3 Å². The van der Waals surface area contributed by atoms with Crippen LogP contribution in [0.15, 0.2) is 53.5 Å². The van der Waals surface area contributed by atoms with Gasteiger partial charge in [0.2, 0.25) is 0 Å². The molecular formula is C23H23Cl2N3O. The third kappa shape index (κ3) is 4.20. The van der Waals surface area contributed by atoms with Crippen molar-refractivity contribution in [2.75, 3.05) is 31.2 Å². The molecule has 0 radical (unpaired) electrons. The molecule has 4 nitrogen and oxygen atoms in total. The molecule has 0 atom stereocenters. The molecule has 1 saturated heterocycles. The van der Waals surface area contributed by atoms with E-state index in [2.05, 4.69) is 46.5 Å². The Morgan fingerprint density at radius 2 is 1.72 bits per heavy atom. The summed E-state index contributed by atoms with van der Waals surface area (Å²) in [6, 6.07) is 16.1. The number of halogens is 2. The van der Waals surface area contributed by atoms with Crippen LogP contribution in [0.4, 0.5) is 11.4 Å². The molecular weight excluding hydrogens is 405 g/mol. The smallest absolute Gasteiger partial charge is 0.0832 e. The van der Waals surface area contributed by atoms with E-state index in [1.807, 2.05) is 30.5 Å². The fraction of sp³-hybridized carbons (Fsp3) is 0.261. The van der Waals surface area contributed by atoms with E-state index in [9.17, 15) is 0 Å². The highest BCUT2D eigenvalue weighted by Crippen LogP contribution is 2.31. The van der Waals surface area contributed by atoms with Crippen LogP contribution < -0.4 is 4.90 Å². The Bertz CT molecular complexity index is 1040. The van der Waals surface area contributed by atoms with E-state index in [1.54, 1.807) is 6.07 Å². The molecule has 2 aromatic carbocycles. The molecule has 1 aromatic heterocycles. The molecule has 2 heterocycles. The van der Waals surface area contributed by atoms with Gasteiger partial charge in [0.15, 0.2) is 0 Å². The minimum absolute atomic E-state index is 0.548. The minimum atomic E-state index is 0.548. The first-order valence-electron chi connectivity index (χ1n) is 9.65. The number of hydrogen-bond donors (Lipinski definition) is 0. The van der Waals surface area contributed by atoms with Crippen LogP contribution in [0.3, 0.4) is 0 Å². The summed E-state index contributed by atoms with van der Waals surface area (Å²) < 4.78 is 7.53. The maximum atomic E-state index is 6.43. The normalized spacial score (nSPS) is 14.7. The molecule has 0 saturated carbocycles. The quantitative estimate of drug-likeness (QED) is 0.478. The van der Waals surface area contributed by atoms with Gasteiger partial charge in [0.05, 0.1) is 34.6 Å². The number of aromatic nitrogens is 1. The van der Waals surface area contributed by atoms with Crippen LogP contribution >= 0.6 is 23.2 Å². The Morgan fingerprint density at radius 3 is 2.45 bits per heavy atom. The van der Waals surface area contributed by atoms with Crippen molar-refractivity contribution in [2.45, 2.75) is 13.8 Å². The second-order valence-corrected chi connectivity index (χ2v) is 7.89. The van der Waals surface area contributed by atoms with Crippen molar-refractivity contribution in [3.63, 3.8) is 0 Å². The van der Waals surface area contributed by atoms with Gasteiger partial charge in [-0.15, -0.1) is 0 Å². The first kappa shape index (κ1) is 20.0.